The number of rotatable bonds is 16. The Morgan fingerprint density at radius 1 is 0.773 bits per heavy atom. The van der Waals surface area contributed by atoms with Gasteiger partial charge in [-0.1, -0.05) is 97.3 Å². The molecule has 0 unspecified atom stereocenters. The van der Waals surface area contributed by atoms with E-state index in [1.807, 2.05) is 0 Å². The van der Waals surface area contributed by atoms with Crippen LogP contribution in [0.1, 0.15) is 110 Å². The fraction of sp³-hybridized carbons (Fsp3) is 0.950. The zero-order valence-corrected chi connectivity index (χ0v) is 15.5. The smallest absolute Gasteiger partial charge is 0.305 e. The minimum atomic E-state index is -0.0662. The van der Waals surface area contributed by atoms with Gasteiger partial charge in [0.05, 0.1) is 7.11 Å². The maximum Gasteiger partial charge on any atom is 0.305 e. The van der Waals surface area contributed by atoms with Gasteiger partial charge in [0, 0.05) is 6.42 Å². The molecule has 0 spiro atoms. The van der Waals surface area contributed by atoms with Gasteiger partial charge in [0.2, 0.25) is 0 Å². The van der Waals surface area contributed by atoms with Crippen LogP contribution in [0.4, 0.5) is 0 Å². The van der Waals surface area contributed by atoms with Crippen molar-refractivity contribution in [1.82, 2.24) is 0 Å². The van der Waals surface area contributed by atoms with Crippen molar-refractivity contribution in [3.8, 4) is 0 Å². The summed E-state index contributed by atoms with van der Waals surface area (Å²) < 4.78 is 4.64. The Balaban J connectivity index is 3.18. The first kappa shape index (κ1) is 21.5. The van der Waals surface area contributed by atoms with Crippen molar-refractivity contribution in [3.05, 3.63) is 0 Å². The van der Waals surface area contributed by atoms with E-state index in [0.717, 1.165) is 12.3 Å². The molecule has 0 saturated carbocycles. The highest BCUT2D eigenvalue weighted by Gasteiger charge is 2.02. The third-order valence-corrected chi connectivity index (χ3v) is 4.61. The van der Waals surface area contributed by atoms with Crippen LogP contribution in [0.15, 0.2) is 0 Å². The molecule has 0 N–H and O–H groups in total. The fourth-order valence-corrected chi connectivity index (χ4v) is 2.99. The summed E-state index contributed by atoms with van der Waals surface area (Å²) in [5.74, 6) is 0.842. The van der Waals surface area contributed by atoms with Gasteiger partial charge in [-0.25, -0.2) is 0 Å². The van der Waals surface area contributed by atoms with E-state index in [0.29, 0.717) is 6.42 Å². The highest BCUT2D eigenvalue weighted by molar-refractivity contribution is 5.68. The van der Waals surface area contributed by atoms with Gasteiger partial charge in [-0.2, -0.15) is 0 Å². The summed E-state index contributed by atoms with van der Waals surface area (Å²) in [6.45, 7) is 4.70. The van der Waals surface area contributed by atoms with E-state index >= 15 is 0 Å². The zero-order valence-electron chi connectivity index (χ0n) is 15.5. The lowest BCUT2D eigenvalue weighted by molar-refractivity contribution is -0.140. The molecule has 0 aliphatic rings. The molecule has 0 aliphatic heterocycles. The highest BCUT2D eigenvalue weighted by atomic mass is 16.5. The molecule has 2 nitrogen and oxygen atoms in total. The van der Waals surface area contributed by atoms with Gasteiger partial charge in [0.1, 0.15) is 0 Å². The first-order valence-corrected chi connectivity index (χ1v) is 9.77. The minimum absolute atomic E-state index is 0.0662. The summed E-state index contributed by atoms with van der Waals surface area (Å²) in [4.78, 5) is 11.0. The second kappa shape index (κ2) is 16.8. The summed E-state index contributed by atoms with van der Waals surface area (Å²) in [6.07, 6.45) is 19.4. The molecule has 0 aromatic carbocycles. The van der Waals surface area contributed by atoms with Crippen molar-refractivity contribution in [2.75, 3.05) is 7.11 Å². The van der Waals surface area contributed by atoms with Gasteiger partial charge in [0.15, 0.2) is 0 Å². The van der Waals surface area contributed by atoms with Gasteiger partial charge < -0.3 is 4.74 Å². The fourth-order valence-electron chi connectivity index (χ4n) is 2.99. The van der Waals surface area contributed by atoms with Gasteiger partial charge in [-0.05, 0) is 12.3 Å². The molecule has 132 valence electrons. The lowest BCUT2D eigenvalue weighted by Crippen LogP contribution is -1.99. The molecular formula is C20H40O2. The number of carbonyl (C=O) groups excluding carboxylic acids is 1. The molecule has 0 heterocycles. The maximum absolute atomic E-state index is 11.0. The lowest BCUT2D eigenvalue weighted by Gasteiger charge is -2.11. The predicted octanol–water partition coefficient (Wildman–Crippen LogP) is 6.67. The van der Waals surface area contributed by atoms with Gasteiger partial charge in [0.25, 0.3) is 0 Å². The second-order valence-electron chi connectivity index (χ2n) is 6.90. The van der Waals surface area contributed by atoms with E-state index in [4.69, 9.17) is 0 Å². The van der Waals surface area contributed by atoms with Crippen LogP contribution >= 0.6 is 0 Å². The van der Waals surface area contributed by atoms with E-state index < -0.39 is 0 Å². The molecule has 0 bridgehead atoms. The second-order valence-corrected chi connectivity index (χ2v) is 6.90. The van der Waals surface area contributed by atoms with Crippen LogP contribution in [0.5, 0.6) is 0 Å². The number of hydrogen-bond donors (Lipinski definition) is 0. The topological polar surface area (TPSA) is 26.3 Å². The standard InChI is InChI=1S/C20H40O2/c1-4-5-6-7-10-13-16-19(2)17-14-11-8-9-12-15-18-20(21)22-3/h19H,4-18H2,1-3H3/t19-/m0/s1. The molecule has 2 heteroatoms. The number of carbonyl (C=O) groups is 1. The maximum atomic E-state index is 11.0. The summed E-state index contributed by atoms with van der Waals surface area (Å²) in [7, 11) is 1.47. The number of hydrogen-bond acceptors (Lipinski definition) is 2. The van der Waals surface area contributed by atoms with Gasteiger partial charge >= 0.3 is 5.97 Å². The first-order valence-electron chi connectivity index (χ1n) is 9.77. The van der Waals surface area contributed by atoms with E-state index in [-0.39, 0.29) is 5.97 Å². The number of unbranched alkanes of at least 4 members (excludes halogenated alkanes) is 10. The van der Waals surface area contributed by atoms with Gasteiger partial charge in [-0.15, -0.1) is 0 Å². The molecule has 0 rings (SSSR count). The molecule has 0 aromatic rings. The van der Waals surface area contributed by atoms with E-state index in [1.165, 1.54) is 90.6 Å². The van der Waals surface area contributed by atoms with Crippen molar-refractivity contribution in [1.29, 1.82) is 0 Å². The van der Waals surface area contributed by atoms with Crippen LogP contribution in [0.3, 0.4) is 0 Å². The Morgan fingerprint density at radius 3 is 1.73 bits per heavy atom. The summed E-state index contributed by atoms with van der Waals surface area (Å²) in [6, 6.07) is 0. The largest absolute Gasteiger partial charge is 0.469 e. The first-order chi connectivity index (χ1) is 10.7. The van der Waals surface area contributed by atoms with Crippen molar-refractivity contribution >= 4 is 5.97 Å². The number of ether oxygens (including phenoxy) is 1. The predicted molar refractivity (Wildman–Crippen MR) is 96.1 cm³/mol. The summed E-state index contributed by atoms with van der Waals surface area (Å²) >= 11 is 0. The Labute approximate surface area is 139 Å². The molecular weight excluding hydrogens is 272 g/mol. The number of methoxy groups -OCH3 is 1. The van der Waals surface area contributed by atoms with E-state index in [2.05, 4.69) is 18.6 Å². The summed E-state index contributed by atoms with van der Waals surface area (Å²) in [5, 5.41) is 0. The lowest BCUT2D eigenvalue weighted by atomic mass is 9.96. The van der Waals surface area contributed by atoms with Crippen molar-refractivity contribution in [2.45, 2.75) is 110 Å². The Bertz CT molecular complexity index is 238. The molecule has 0 aliphatic carbocycles. The molecule has 1 atom stereocenters. The van der Waals surface area contributed by atoms with Crippen LogP contribution in [0.2, 0.25) is 0 Å². The highest BCUT2D eigenvalue weighted by Crippen LogP contribution is 2.18. The molecule has 0 aromatic heterocycles. The Kier molecular flexibility index (Phi) is 16.4. The van der Waals surface area contributed by atoms with Crippen LogP contribution in [0.25, 0.3) is 0 Å². The van der Waals surface area contributed by atoms with E-state index in [1.54, 1.807) is 0 Å². The van der Waals surface area contributed by atoms with E-state index in [9.17, 15) is 4.79 Å². The van der Waals surface area contributed by atoms with Crippen molar-refractivity contribution in [3.63, 3.8) is 0 Å². The molecule has 22 heavy (non-hydrogen) atoms. The molecule has 0 amide bonds. The average molecular weight is 313 g/mol. The summed E-state index contributed by atoms with van der Waals surface area (Å²) in [5.41, 5.74) is 0. The van der Waals surface area contributed by atoms with Crippen molar-refractivity contribution in [2.24, 2.45) is 5.92 Å². The SMILES string of the molecule is CCCCCCCC[C@H](C)CCCCCCCCC(=O)OC. The van der Waals surface area contributed by atoms with Crippen molar-refractivity contribution < 1.29 is 9.53 Å². The normalized spacial score (nSPS) is 12.3. The number of esters is 1. The third kappa shape index (κ3) is 15.9. The molecule has 0 radical (unpaired) electrons. The van der Waals surface area contributed by atoms with Crippen LogP contribution in [-0.2, 0) is 9.53 Å². The average Bonchev–Trinajstić information content (AvgIpc) is 2.52. The molecule has 0 saturated heterocycles. The quantitative estimate of drug-likeness (QED) is 0.235. The van der Waals surface area contributed by atoms with Crippen LogP contribution in [-0.4, -0.2) is 13.1 Å². The minimum Gasteiger partial charge on any atom is -0.469 e. The monoisotopic (exact) mass is 312 g/mol. The van der Waals surface area contributed by atoms with Crippen LogP contribution < -0.4 is 0 Å². The van der Waals surface area contributed by atoms with Crippen LogP contribution in [0, 0.1) is 5.92 Å². The molecule has 0 fully saturated rings. The zero-order chi connectivity index (χ0) is 16.5. The Hall–Kier alpha value is -0.530. The third-order valence-electron chi connectivity index (χ3n) is 4.61. The van der Waals surface area contributed by atoms with Gasteiger partial charge in [-0.3, -0.25) is 4.79 Å². The Morgan fingerprint density at radius 2 is 1.23 bits per heavy atom.